The molecule has 170 valence electrons. The molecule has 2 aromatic carbocycles. The minimum atomic E-state index is -0.727. The molecule has 1 atom stereocenters. The molecule has 0 unspecified atom stereocenters. The quantitative estimate of drug-likeness (QED) is 0.546. The van der Waals surface area contributed by atoms with E-state index in [9.17, 15) is 9.59 Å². The molecule has 5 nitrogen and oxygen atoms in total. The first-order valence-corrected chi connectivity index (χ1v) is 12.4. The number of piperidine rings is 1. The molecule has 0 radical (unpaired) electrons. The van der Waals surface area contributed by atoms with E-state index in [1.54, 1.807) is 17.0 Å². The van der Waals surface area contributed by atoms with Gasteiger partial charge in [0.15, 0.2) is 0 Å². The highest BCUT2D eigenvalue weighted by Gasteiger charge is 2.56. The van der Waals surface area contributed by atoms with Crippen molar-refractivity contribution in [2.24, 2.45) is 5.73 Å². The van der Waals surface area contributed by atoms with Gasteiger partial charge < -0.3 is 16.0 Å². The third-order valence-electron chi connectivity index (χ3n) is 6.55. The van der Waals surface area contributed by atoms with Crippen molar-refractivity contribution < 1.29 is 9.59 Å². The van der Waals surface area contributed by atoms with Crippen molar-refractivity contribution in [1.82, 2.24) is 10.2 Å². The number of benzene rings is 2. The standard InChI is InChI=1S/C24H26BrCl2N3O2/c25-16-3-1-15(2-4-16)13-21(22(28)31)30(18-7-11-29-12-8-18)23(32)24(9-10-24)19-6-5-17(26)14-20(19)27/h1-6,14,18,21,29H,7-13H2,(H2,28,31)/t21-/m0/s1. The maximum absolute atomic E-state index is 14.2. The lowest BCUT2D eigenvalue weighted by Gasteiger charge is -2.41. The summed E-state index contributed by atoms with van der Waals surface area (Å²) in [7, 11) is 0. The van der Waals surface area contributed by atoms with Crippen LogP contribution in [0.5, 0.6) is 0 Å². The average molecular weight is 539 g/mol. The van der Waals surface area contributed by atoms with Crippen LogP contribution < -0.4 is 11.1 Å². The van der Waals surface area contributed by atoms with E-state index in [1.807, 2.05) is 30.3 Å². The summed E-state index contributed by atoms with van der Waals surface area (Å²) in [5.74, 6) is -0.549. The number of carbonyl (C=O) groups excluding carboxylic acids is 2. The van der Waals surface area contributed by atoms with Gasteiger partial charge in [0.05, 0.1) is 5.41 Å². The van der Waals surface area contributed by atoms with Crippen LogP contribution >= 0.6 is 39.1 Å². The Morgan fingerprint density at radius 3 is 2.34 bits per heavy atom. The minimum absolute atomic E-state index is 0.0553. The fourth-order valence-corrected chi connectivity index (χ4v) is 5.53. The highest BCUT2D eigenvalue weighted by Crippen LogP contribution is 2.53. The Morgan fingerprint density at radius 1 is 1.12 bits per heavy atom. The second-order valence-electron chi connectivity index (χ2n) is 8.65. The lowest BCUT2D eigenvalue weighted by atomic mass is 9.90. The summed E-state index contributed by atoms with van der Waals surface area (Å²) in [6.45, 7) is 1.60. The van der Waals surface area contributed by atoms with Crippen molar-refractivity contribution in [2.75, 3.05) is 13.1 Å². The normalized spacial score (nSPS) is 18.7. The second-order valence-corrected chi connectivity index (χ2v) is 10.4. The zero-order valence-electron chi connectivity index (χ0n) is 17.6. The summed E-state index contributed by atoms with van der Waals surface area (Å²) >= 11 is 16.0. The van der Waals surface area contributed by atoms with Crippen LogP contribution in [0.4, 0.5) is 0 Å². The van der Waals surface area contributed by atoms with Gasteiger partial charge >= 0.3 is 0 Å². The summed E-state index contributed by atoms with van der Waals surface area (Å²) in [4.78, 5) is 28.6. The van der Waals surface area contributed by atoms with Gasteiger partial charge in [0, 0.05) is 27.0 Å². The van der Waals surface area contributed by atoms with Crippen LogP contribution in [0.2, 0.25) is 10.0 Å². The van der Waals surface area contributed by atoms with Crippen LogP contribution in [0.3, 0.4) is 0 Å². The maximum atomic E-state index is 14.2. The van der Waals surface area contributed by atoms with Crippen molar-refractivity contribution in [3.8, 4) is 0 Å². The summed E-state index contributed by atoms with van der Waals surface area (Å²) in [6.07, 6.45) is 3.32. The molecule has 0 aromatic heterocycles. The molecule has 0 bridgehead atoms. The number of hydrogen-bond acceptors (Lipinski definition) is 3. The van der Waals surface area contributed by atoms with Crippen LogP contribution in [0.25, 0.3) is 0 Å². The molecule has 4 rings (SSSR count). The Bertz CT molecular complexity index is 1000. The predicted octanol–water partition coefficient (Wildman–Crippen LogP) is 4.46. The lowest BCUT2D eigenvalue weighted by molar-refractivity contribution is -0.145. The largest absolute Gasteiger partial charge is 0.368 e. The predicted molar refractivity (Wildman–Crippen MR) is 131 cm³/mol. The van der Waals surface area contributed by atoms with E-state index in [-0.39, 0.29) is 11.9 Å². The smallest absolute Gasteiger partial charge is 0.240 e. The second kappa shape index (κ2) is 9.72. The number of primary amides is 1. The number of nitrogens with two attached hydrogens (primary N) is 1. The first kappa shape index (κ1) is 23.6. The van der Waals surface area contributed by atoms with Crippen molar-refractivity contribution >= 4 is 50.9 Å². The fraction of sp³-hybridized carbons (Fsp3) is 0.417. The molecule has 1 aliphatic carbocycles. The van der Waals surface area contributed by atoms with Crippen molar-refractivity contribution in [3.05, 3.63) is 68.1 Å². The molecule has 2 aliphatic rings. The SMILES string of the molecule is NC(=O)[C@H](Cc1ccc(Br)cc1)N(C(=O)C1(c2ccc(Cl)cc2Cl)CC1)C1CCNCC1. The first-order valence-electron chi connectivity index (χ1n) is 10.8. The van der Waals surface area contributed by atoms with Gasteiger partial charge in [-0.05, 0) is 74.2 Å². The van der Waals surface area contributed by atoms with Gasteiger partial charge in [-0.25, -0.2) is 0 Å². The topological polar surface area (TPSA) is 75.4 Å². The molecule has 8 heteroatoms. The van der Waals surface area contributed by atoms with E-state index in [1.165, 1.54) is 0 Å². The Morgan fingerprint density at radius 2 is 1.78 bits per heavy atom. The number of hydrogen-bond donors (Lipinski definition) is 2. The molecular weight excluding hydrogens is 513 g/mol. The third-order valence-corrected chi connectivity index (χ3v) is 7.63. The van der Waals surface area contributed by atoms with Gasteiger partial charge in [0.1, 0.15) is 6.04 Å². The molecule has 2 amide bonds. The Hall–Kier alpha value is -1.60. The van der Waals surface area contributed by atoms with Gasteiger partial charge in [-0.15, -0.1) is 0 Å². The van der Waals surface area contributed by atoms with Crippen molar-refractivity contribution in [1.29, 1.82) is 0 Å². The molecular formula is C24H26BrCl2N3O2. The van der Waals surface area contributed by atoms with Crippen LogP contribution in [-0.4, -0.2) is 41.9 Å². The average Bonchev–Trinajstić information content (AvgIpc) is 3.57. The van der Waals surface area contributed by atoms with Gasteiger partial charge in [0.25, 0.3) is 0 Å². The molecule has 1 saturated carbocycles. The number of carbonyl (C=O) groups is 2. The van der Waals surface area contributed by atoms with Crippen molar-refractivity contribution in [3.63, 3.8) is 0 Å². The number of amides is 2. The van der Waals surface area contributed by atoms with Crippen LogP contribution in [0.15, 0.2) is 46.9 Å². The molecule has 1 heterocycles. The molecule has 32 heavy (non-hydrogen) atoms. The molecule has 3 N–H and O–H groups in total. The van der Waals surface area contributed by atoms with Crippen LogP contribution in [0, 0.1) is 0 Å². The van der Waals surface area contributed by atoms with Gasteiger partial charge in [-0.2, -0.15) is 0 Å². The van der Waals surface area contributed by atoms with Crippen LogP contribution in [0.1, 0.15) is 36.8 Å². The summed E-state index contributed by atoms with van der Waals surface area (Å²) in [6, 6.07) is 12.3. The van der Waals surface area contributed by atoms with E-state index < -0.39 is 17.4 Å². The van der Waals surface area contributed by atoms with Crippen LogP contribution in [-0.2, 0) is 21.4 Å². The van der Waals surface area contributed by atoms with Gasteiger partial charge in [-0.1, -0.05) is 57.3 Å². The molecule has 2 fully saturated rings. The van der Waals surface area contributed by atoms with Crippen molar-refractivity contribution in [2.45, 2.75) is 49.6 Å². The highest BCUT2D eigenvalue weighted by molar-refractivity contribution is 9.10. The third kappa shape index (κ3) is 4.84. The zero-order chi connectivity index (χ0) is 22.9. The Balaban J connectivity index is 1.71. The van der Waals surface area contributed by atoms with Gasteiger partial charge in [-0.3, -0.25) is 9.59 Å². The number of rotatable bonds is 7. The minimum Gasteiger partial charge on any atom is -0.368 e. The molecule has 1 saturated heterocycles. The fourth-order valence-electron chi connectivity index (χ4n) is 4.67. The number of nitrogens with zero attached hydrogens (tertiary/aromatic N) is 1. The summed E-state index contributed by atoms with van der Waals surface area (Å²) in [5, 5.41) is 4.35. The lowest BCUT2D eigenvalue weighted by Crippen LogP contribution is -2.58. The first-order chi connectivity index (χ1) is 15.3. The Labute approximate surface area is 206 Å². The van der Waals surface area contributed by atoms with E-state index in [2.05, 4.69) is 21.2 Å². The van der Waals surface area contributed by atoms with E-state index in [0.29, 0.717) is 29.3 Å². The number of halogens is 3. The highest BCUT2D eigenvalue weighted by atomic mass is 79.9. The van der Waals surface area contributed by atoms with Gasteiger partial charge in [0.2, 0.25) is 11.8 Å². The molecule has 1 aliphatic heterocycles. The molecule has 0 spiro atoms. The zero-order valence-corrected chi connectivity index (χ0v) is 20.7. The van der Waals surface area contributed by atoms with E-state index in [4.69, 9.17) is 28.9 Å². The Kier molecular flexibility index (Phi) is 7.15. The maximum Gasteiger partial charge on any atom is 0.240 e. The van der Waals surface area contributed by atoms with E-state index >= 15 is 0 Å². The summed E-state index contributed by atoms with van der Waals surface area (Å²) in [5.41, 5.74) is 6.92. The number of nitrogens with one attached hydrogen (secondary N) is 1. The van der Waals surface area contributed by atoms with E-state index in [0.717, 1.165) is 41.5 Å². The molecule has 2 aromatic rings. The summed E-state index contributed by atoms with van der Waals surface area (Å²) < 4.78 is 0.956. The monoisotopic (exact) mass is 537 g/mol.